The predicted octanol–water partition coefficient (Wildman–Crippen LogP) is 4.77. The smallest absolute Gasteiger partial charge is 0.119 e. The maximum absolute atomic E-state index is 10.6. The molecule has 0 spiro atoms. The molecule has 1 atom stereocenters. The van der Waals surface area contributed by atoms with Gasteiger partial charge in [-0.2, -0.15) is 0 Å². The van der Waals surface area contributed by atoms with Crippen molar-refractivity contribution in [3.63, 3.8) is 0 Å². The zero-order valence-corrected chi connectivity index (χ0v) is 17.4. The number of aliphatic hydroxyl groups excluding tert-OH is 1. The molecule has 0 bridgehead atoms. The minimum atomic E-state index is -0.530. The number of ether oxygens (including phenoxy) is 2. The molecule has 0 heterocycles. The van der Waals surface area contributed by atoms with E-state index in [2.05, 4.69) is 41.3 Å². The summed E-state index contributed by atoms with van der Waals surface area (Å²) in [6.07, 6.45) is 1.87. The number of hydrogen-bond acceptors (Lipinski definition) is 4. The van der Waals surface area contributed by atoms with Gasteiger partial charge in [-0.3, -0.25) is 4.90 Å². The second-order valence-corrected chi connectivity index (χ2v) is 7.86. The molecule has 1 aliphatic rings. The highest BCUT2D eigenvalue weighted by molar-refractivity contribution is 5.63. The van der Waals surface area contributed by atoms with Crippen LogP contribution in [0.3, 0.4) is 0 Å². The Hall–Kier alpha value is -2.82. The van der Waals surface area contributed by atoms with E-state index >= 15 is 0 Å². The molecule has 1 aliphatic carbocycles. The van der Waals surface area contributed by atoms with Crippen molar-refractivity contribution in [3.05, 3.63) is 84.4 Å². The number of rotatable bonds is 10. The quantitative estimate of drug-likeness (QED) is 0.530. The first-order chi connectivity index (χ1) is 14.7. The van der Waals surface area contributed by atoms with Gasteiger partial charge < -0.3 is 14.6 Å². The van der Waals surface area contributed by atoms with Gasteiger partial charge in [-0.05, 0) is 53.8 Å². The summed E-state index contributed by atoms with van der Waals surface area (Å²) >= 11 is 0. The third kappa shape index (κ3) is 5.62. The SMILES string of the molecule is COc1ccc(CN(CC(O)COc2ccc(-c3ccccc3)cc2)C2CC2)cc1. The summed E-state index contributed by atoms with van der Waals surface area (Å²) in [5.74, 6) is 1.64. The second-order valence-electron chi connectivity index (χ2n) is 7.86. The fraction of sp³-hybridized carbons (Fsp3) is 0.308. The van der Waals surface area contributed by atoms with E-state index in [1.165, 1.54) is 24.0 Å². The van der Waals surface area contributed by atoms with Crippen molar-refractivity contribution in [2.45, 2.75) is 31.5 Å². The second kappa shape index (κ2) is 9.79. The summed E-state index contributed by atoms with van der Waals surface area (Å²) in [6.45, 7) is 1.73. The molecule has 4 nitrogen and oxygen atoms in total. The first kappa shape index (κ1) is 20.5. The lowest BCUT2D eigenvalue weighted by molar-refractivity contribution is 0.0626. The van der Waals surface area contributed by atoms with E-state index in [1.54, 1.807) is 7.11 Å². The van der Waals surface area contributed by atoms with E-state index in [0.717, 1.165) is 23.6 Å². The summed E-state index contributed by atoms with van der Waals surface area (Å²) < 4.78 is 11.1. The third-order valence-corrected chi connectivity index (χ3v) is 5.46. The van der Waals surface area contributed by atoms with Gasteiger partial charge in [0.2, 0.25) is 0 Å². The van der Waals surface area contributed by atoms with Crippen LogP contribution in [0.15, 0.2) is 78.9 Å². The maximum atomic E-state index is 10.6. The molecule has 1 fully saturated rings. The van der Waals surface area contributed by atoms with Crippen LogP contribution in [0.2, 0.25) is 0 Å². The van der Waals surface area contributed by atoms with Gasteiger partial charge in [0.25, 0.3) is 0 Å². The Kier molecular flexibility index (Phi) is 6.67. The Morgan fingerprint density at radius 3 is 2.13 bits per heavy atom. The van der Waals surface area contributed by atoms with Gasteiger partial charge in [0.15, 0.2) is 0 Å². The summed E-state index contributed by atoms with van der Waals surface area (Å²) in [4.78, 5) is 2.36. The van der Waals surface area contributed by atoms with E-state index in [4.69, 9.17) is 9.47 Å². The number of benzene rings is 3. The standard InChI is InChI=1S/C26H29NO3/c1-29-25-13-7-20(8-14-25)17-27(23-11-12-23)18-24(28)19-30-26-15-9-22(10-16-26)21-5-3-2-4-6-21/h2-10,13-16,23-24,28H,11-12,17-19H2,1H3. The van der Waals surface area contributed by atoms with Crippen molar-refractivity contribution in [1.82, 2.24) is 4.90 Å². The van der Waals surface area contributed by atoms with Gasteiger partial charge in [0, 0.05) is 19.1 Å². The Bertz CT molecular complexity index is 905. The molecule has 156 valence electrons. The van der Waals surface area contributed by atoms with Crippen LogP contribution < -0.4 is 9.47 Å². The van der Waals surface area contributed by atoms with Gasteiger partial charge in [-0.1, -0.05) is 54.6 Å². The van der Waals surface area contributed by atoms with Gasteiger partial charge >= 0.3 is 0 Å². The number of hydrogen-bond donors (Lipinski definition) is 1. The molecular weight excluding hydrogens is 374 g/mol. The van der Waals surface area contributed by atoms with Gasteiger partial charge in [0.1, 0.15) is 24.2 Å². The van der Waals surface area contributed by atoms with Crippen molar-refractivity contribution in [2.75, 3.05) is 20.3 Å². The maximum Gasteiger partial charge on any atom is 0.119 e. The normalized spacial score (nSPS) is 14.5. The molecule has 1 N–H and O–H groups in total. The van der Waals surface area contributed by atoms with Crippen LogP contribution >= 0.6 is 0 Å². The minimum absolute atomic E-state index is 0.288. The zero-order valence-electron chi connectivity index (χ0n) is 17.4. The summed E-state index contributed by atoms with van der Waals surface area (Å²) in [7, 11) is 1.68. The molecule has 0 aromatic heterocycles. The Morgan fingerprint density at radius 1 is 0.867 bits per heavy atom. The highest BCUT2D eigenvalue weighted by Gasteiger charge is 2.30. The number of aliphatic hydroxyl groups is 1. The van der Waals surface area contributed by atoms with Crippen LogP contribution in [-0.4, -0.2) is 42.4 Å². The van der Waals surface area contributed by atoms with Crippen molar-refractivity contribution in [3.8, 4) is 22.6 Å². The monoisotopic (exact) mass is 403 g/mol. The Balaban J connectivity index is 1.29. The van der Waals surface area contributed by atoms with Crippen LogP contribution in [-0.2, 0) is 6.54 Å². The fourth-order valence-corrected chi connectivity index (χ4v) is 3.64. The lowest BCUT2D eigenvalue weighted by Gasteiger charge is -2.25. The van der Waals surface area contributed by atoms with E-state index in [0.29, 0.717) is 12.6 Å². The minimum Gasteiger partial charge on any atom is -0.497 e. The molecule has 0 radical (unpaired) electrons. The summed E-state index contributed by atoms with van der Waals surface area (Å²) in [6, 6.07) is 27.0. The van der Waals surface area contributed by atoms with Crippen molar-refractivity contribution >= 4 is 0 Å². The molecule has 1 saturated carbocycles. The lowest BCUT2D eigenvalue weighted by Crippen LogP contribution is -2.36. The molecule has 4 heteroatoms. The van der Waals surface area contributed by atoms with Crippen molar-refractivity contribution < 1.29 is 14.6 Å². The molecule has 30 heavy (non-hydrogen) atoms. The fourth-order valence-electron chi connectivity index (χ4n) is 3.64. The number of nitrogens with zero attached hydrogens (tertiary/aromatic N) is 1. The van der Waals surface area contributed by atoms with Crippen LogP contribution in [0.4, 0.5) is 0 Å². The molecule has 0 saturated heterocycles. The van der Waals surface area contributed by atoms with Gasteiger partial charge in [-0.15, -0.1) is 0 Å². The molecule has 3 aromatic carbocycles. The predicted molar refractivity (Wildman–Crippen MR) is 120 cm³/mol. The van der Waals surface area contributed by atoms with Crippen LogP contribution in [0.5, 0.6) is 11.5 Å². The van der Waals surface area contributed by atoms with Gasteiger partial charge in [-0.25, -0.2) is 0 Å². The molecule has 4 rings (SSSR count). The van der Waals surface area contributed by atoms with Crippen LogP contribution in [0, 0.1) is 0 Å². The first-order valence-corrected chi connectivity index (χ1v) is 10.5. The van der Waals surface area contributed by atoms with Gasteiger partial charge in [0.05, 0.1) is 7.11 Å². The van der Waals surface area contributed by atoms with Crippen LogP contribution in [0.25, 0.3) is 11.1 Å². The summed E-state index contributed by atoms with van der Waals surface area (Å²) in [5.41, 5.74) is 3.57. The Morgan fingerprint density at radius 2 is 1.50 bits per heavy atom. The van der Waals surface area contributed by atoms with E-state index in [1.807, 2.05) is 42.5 Å². The third-order valence-electron chi connectivity index (χ3n) is 5.46. The summed E-state index contributed by atoms with van der Waals surface area (Å²) in [5, 5.41) is 10.6. The Labute approximate surface area is 178 Å². The van der Waals surface area contributed by atoms with Crippen molar-refractivity contribution in [1.29, 1.82) is 0 Å². The van der Waals surface area contributed by atoms with E-state index < -0.39 is 6.10 Å². The van der Waals surface area contributed by atoms with Crippen molar-refractivity contribution in [2.24, 2.45) is 0 Å². The molecular formula is C26H29NO3. The topological polar surface area (TPSA) is 41.9 Å². The van der Waals surface area contributed by atoms with E-state index in [9.17, 15) is 5.11 Å². The lowest BCUT2D eigenvalue weighted by atomic mass is 10.1. The highest BCUT2D eigenvalue weighted by atomic mass is 16.5. The van der Waals surface area contributed by atoms with Crippen LogP contribution in [0.1, 0.15) is 18.4 Å². The largest absolute Gasteiger partial charge is 0.497 e. The number of methoxy groups -OCH3 is 1. The molecule has 0 amide bonds. The molecule has 0 aliphatic heterocycles. The average molecular weight is 404 g/mol. The highest BCUT2D eigenvalue weighted by Crippen LogP contribution is 2.29. The average Bonchev–Trinajstić information content (AvgIpc) is 3.64. The van der Waals surface area contributed by atoms with E-state index in [-0.39, 0.29) is 6.61 Å². The first-order valence-electron chi connectivity index (χ1n) is 10.5. The zero-order chi connectivity index (χ0) is 20.8. The molecule has 3 aromatic rings. The molecule has 1 unspecified atom stereocenters.